The molecule has 0 aromatic carbocycles. The summed E-state index contributed by atoms with van der Waals surface area (Å²) in [5, 5.41) is 8.31. The molecule has 0 unspecified atom stereocenters. The average molecular weight is 409 g/mol. The fourth-order valence-corrected chi connectivity index (χ4v) is 5.90. The Morgan fingerprint density at radius 2 is 1.89 bits per heavy atom. The maximum Gasteiger partial charge on any atom is 0.341 e. The van der Waals surface area contributed by atoms with Crippen LogP contribution in [0.25, 0.3) is 0 Å². The van der Waals surface area contributed by atoms with Gasteiger partial charge in [-0.15, -0.1) is 11.3 Å². The first-order chi connectivity index (χ1) is 13.1. The van der Waals surface area contributed by atoms with Crippen LogP contribution in [-0.2, 0) is 17.6 Å². The van der Waals surface area contributed by atoms with Crippen LogP contribution in [0.1, 0.15) is 86.0 Å². The van der Waals surface area contributed by atoms with Gasteiger partial charge in [0.05, 0.1) is 12.2 Å². The Labute approximate surface area is 172 Å². The normalized spacial score (nSPS) is 22.4. The highest BCUT2D eigenvalue weighted by Crippen LogP contribution is 2.38. The molecule has 0 amide bonds. The Hall–Kier alpha value is -1.14. The molecule has 2 N–H and O–H groups in total. The molecule has 27 heavy (non-hydrogen) atoms. The Bertz CT molecular complexity index is 663. The number of ether oxygens (including phenoxy) is 1. The van der Waals surface area contributed by atoms with Crippen LogP contribution in [-0.4, -0.2) is 23.7 Å². The van der Waals surface area contributed by atoms with Crippen molar-refractivity contribution in [2.24, 2.45) is 5.92 Å². The van der Waals surface area contributed by atoms with Crippen molar-refractivity contribution in [3.8, 4) is 0 Å². The summed E-state index contributed by atoms with van der Waals surface area (Å²) in [6, 6.07) is 0.441. The molecule has 0 radical (unpaired) electrons. The van der Waals surface area contributed by atoms with Gasteiger partial charge in [0.2, 0.25) is 0 Å². The van der Waals surface area contributed by atoms with Gasteiger partial charge in [-0.1, -0.05) is 19.8 Å². The first-order valence-electron chi connectivity index (χ1n) is 10.5. The van der Waals surface area contributed by atoms with Crippen molar-refractivity contribution in [3.63, 3.8) is 0 Å². The molecule has 2 aliphatic rings. The largest absolute Gasteiger partial charge is 0.462 e. The monoisotopic (exact) mass is 408 g/mol. The summed E-state index contributed by atoms with van der Waals surface area (Å²) < 4.78 is 5.35. The van der Waals surface area contributed by atoms with Crippen LogP contribution < -0.4 is 10.6 Å². The average Bonchev–Trinajstić information content (AvgIpc) is 2.83. The number of hydrogen-bond donors (Lipinski definition) is 2. The zero-order valence-electron chi connectivity index (χ0n) is 16.6. The Morgan fingerprint density at radius 1 is 1.15 bits per heavy atom. The van der Waals surface area contributed by atoms with Gasteiger partial charge in [-0.25, -0.2) is 4.79 Å². The number of hydrogen-bond acceptors (Lipinski definition) is 4. The molecule has 0 aliphatic heterocycles. The fourth-order valence-electron chi connectivity index (χ4n) is 4.29. The molecule has 0 spiro atoms. The van der Waals surface area contributed by atoms with E-state index in [4.69, 9.17) is 17.0 Å². The second-order valence-electron chi connectivity index (χ2n) is 7.71. The van der Waals surface area contributed by atoms with E-state index in [-0.39, 0.29) is 5.97 Å². The van der Waals surface area contributed by atoms with Gasteiger partial charge in [0, 0.05) is 10.9 Å². The van der Waals surface area contributed by atoms with Gasteiger partial charge < -0.3 is 15.4 Å². The summed E-state index contributed by atoms with van der Waals surface area (Å²) >= 11 is 7.27. The molecule has 4 nitrogen and oxygen atoms in total. The predicted molar refractivity (Wildman–Crippen MR) is 117 cm³/mol. The molecule has 0 saturated heterocycles. The molecule has 6 heteroatoms. The molecule has 1 saturated carbocycles. The highest BCUT2D eigenvalue weighted by Gasteiger charge is 2.27. The number of carbonyl (C=O) groups excluding carboxylic acids is 1. The van der Waals surface area contributed by atoms with Gasteiger partial charge in [0.1, 0.15) is 5.00 Å². The molecule has 3 rings (SSSR count). The zero-order chi connectivity index (χ0) is 19.2. The highest BCUT2D eigenvalue weighted by molar-refractivity contribution is 7.80. The molecule has 1 heterocycles. The molecular formula is C21H32N2O2S2. The SMILES string of the molecule is CCOC(=O)c1c(NC(=S)NC2CCC(CC)CC2)sc2c1CCCCC2. The van der Waals surface area contributed by atoms with Crippen LogP contribution in [0, 0.1) is 5.92 Å². The molecule has 1 aromatic heterocycles. The molecule has 0 atom stereocenters. The fraction of sp³-hybridized carbons (Fsp3) is 0.714. The summed E-state index contributed by atoms with van der Waals surface area (Å²) in [5.74, 6) is 0.651. The van der Waals surface area contributed by atoms with Gasteiger partial charge >= 0.3 is 5.97 Å². The van der Waals surface area contributed by atoms with Crippen molar-refractivity contribution in [3.05, 3.63) is 16.0 Å². The number of nitrogens with one attached hydrogen (secondary N) is 2. The molecule has 1 aromatic rings. The van der Waals surface area contributed by atoms with E-state index in [0.717, 1.165) is 35.7 Å². The third-order valence-electron chi connectivity index (χ3n) is 5.89. The van der Waals surface area contributed by atoms with Gasteiger partial charge in [0.15, 0.2) is 5.11 Å². The van der Waals surface area contributed by atoms with E-state index in [9.17, 15) is 4.79 Å². The molecule has 0 bridgehead atoms. The molecule has 150 valence electrons. The summed E-state index contributed by atoms with van der Waals surface area (Å²) in [4.78, 5) is 14.0. The minimum Gasteiger partial charge on any atom is -0.462 e. The van der Waals surface area contributed by atoms with E-state index in [1.54, 1.807) is 11.3 Å². The van der Waals surface area contributed by atoms with Gasteiger partial charge in [-0.2, -0.15) is 0 Å². The van der Waals surface area contributed by atoms with Crippen molar-refractivity contribution in [2.75, 3.05) is 11.9 Å². The van der Waals surface area contributed by atoms with E-state index in [1.807, 2.05) is 6.92 Å². The number of rotatable bonds is 5. The van der Waals surface area contributed by atoms with Gasteiger partial charge in [0.25, 0.3) is 0 Å². The number of anilines is 1. The molecule has 2 aliphatic carbocycles. The van der Waals surface area contributed by atoms with E-state index in [2.05, 4.69) is 17.6 Å². The maximum atomic E-state index is 12.6. The van der Waals surface area contributed by atoms with Crippen molar-refractivity contribution in [1.82, 2.24) is 5.32 Å². The van der Waals surface area contributed by atoms with Gasteiger partial charge in [-0.05, 0) is 82.0 Å². The number of thiophene rings is 1. The lowest BCUT2D eigenvalue weighted by molar-refractivity contribution is 0.0527. The summed E-state index contributed by atoms with van der Waals surface area (Å²) in [7, 11) is 0. The minimum atomic E-state index is -0.217. The summed E-state index contributed by atoms with van der Waals surface area (Å²) in [6.45, 7) is 4.53. The number of fused-ring (bicyclic) bond motifs is 1. The van der Waals surface area contributed by atoms with Crippen LogP contribution in [0.2, 0.25) is 0 Å². The lowest BCUT2D eigenvalue weighted by Gasteiger charge is -2.29. The Kier molecular flexibility index (Phi) is 7.53. The Morgan fingerprint density at radius 3 is 2.59 bits per heavy atom. The third kappa shape index (κ3) is 5.23. The maximum absolute atomic E-state index is 12.6. The quantitative estimate of drug-likeness (QED) is 0.385. The minimum absolute atomic E-state index is 0.217. The van der Waals surface area contributed by atoms with Crippen molar-refractivity contribution in [1.29, 1.82) is 0 Å². The topological polar surface area (TPSA) is 50.4 Å². The lowest BCUT2D eigenvalue weighted by atomic mass is 9.85. The van der Waals surface area contributed by atoms with Crippen molar-refractivity contribution >= 4 is 39.6 Å². The van der Waals surface area contributed by atoms with Gasteiger partial charge in [-0.3, -0.25) is 0 Å². The zero-order valence-corrected chi connectivity index (χ0v) is 18.2. The second kappa shape index (κ2) is 9.87. The smallest absolute Gasteiger partial charge is 0.341 e. The number of aryl methyl sites for hydroxylation is 1. The second-order valence-corrected chi connectivity index (χ2v) is 9.23. The van der Waals surface area contributed by atoms with E-state index in [1.165, 1.54) is 55.4 Å². The van der Waals surface area contributed by atoms with Crippen LogP contribution >= 0.6 is 23.6 Å². The van der Waals surface area contributed by atoms with Crippen LogP contribution in [0.15, 0.2) is 0 Å². The first-order valence-corrected chi connectivity index (χ1v) is 11.7. The van der Waals surface area contributed by atoms with Crippen molar-refractivity contribution in [2.45, 2.75) is 84.1 Å². The first kappa shape index (κ1) is 20.6. The Balaban J connectivity index is 1.70. The van der Waals surface area contributed by atoms with Crippen LogP contribution in [0.3, 0.4) is 0 Å². The number of thiocarbonyl (C=S) groups is 1. The lowest BCUT2D eigenvalue weighted by Crippen LogP contribution is -2.40. The van der Waals surface area contributed by atoms with E-state index >= 15 is 0 Å². The summed E-state index contributed by atoms with van der Waals surface area (Å²) in [6.07, 6.45) is 11.7. The van der Waals surface area contributed by atoms with E-state index < -0.39 is 0 Å². The van der Waals surface area contributed by atoms with Crippen LogP contribution in [0.4, 0.5) is 5.00 Å². The standard InChI is InChI=1S/C21H32N2O2S2/c1-3-14-10-12-15(13-11-14)22-21(26)23-19-18(20(24)25-4-2)16-8-6-5-7-9-17(16)27-19/h14-15H,3-13H2,1-2H3,(H2,22,23,26). The number of esters is 1. The third-order valence-corrected chi connectivity index (χ3v) is 7.31. The predicted octanol–water partition coefficient (Wildman–Crippen LogP) is 5.45. The summed E-state index contributed by atoms with van der Waals surface area (Å²) in [5.41, 5.74) is 1.90. The van der Waals surface area contributed by atoms with E-state index in [0.29, 0.717) is 17.8 Å². The highest BCUT2D eigenvalue weighted by atomic mass is 32.1. The van der Waals surface area contributed by atoms with Crippen molar-refractivity contribution < 1.29 is 9.53 Å². The van der Waals surface area contributed by atoms with Crippen LogP contribution in [0.5, 0.6) is 0 Å². The number of carbonyl (C=O) groups is 1. The molecule has 1 fully saturated rings. The molecular weight excluding hydrogens is 376 g/mol.